The first-order valence-corrected chi connectivity index (χ1v) is 9.33. The van der Waals surface area contributed by atoms with Gasteiger partial charge in [-0.05, 0) is 71.4 Å². The zero-order chi connectivity index (χ0) is 15.7. The van der Waals surface area contributed by atoms with Crippen LogP contribution in [0.3, 0.4) is 0 Å². The Hall–Kier alpha value is -0.120. The van der Waals surface area contributed by atoms with Crippen molar-refractivity contribution in [1.29, 1.82) is 0 Å². The predicted molar refractivity (Wildman–Crippen MR) is 93.9 cm³/mol. The van der Waals surface area contributed by atoms with E-state index in [1.165, 1.54) is 64.8 Å². The Balaban J connectivity index is 2.50. The van der Waals surface area contributed by atoms with Crippen molar-refractivity contribution in [1.82, 2.24) is 15.1 Å². The molecule has 0 bridgehead atoms. The largest absolute Gasteiger partial charge is 0.315 e. The Bertz CT molecular complexity index is 253. The van der Waals surface area contributed by atoms with Crippen molar-refractivity contribution in [3.63, 3.8) is 0 Å². The molecule has 0 heterocycles. The van der Waals surface area contributed by atoms with Crippen molar-refractivity contribution >= 4 is 0 Å². The van der Waals surface area contributed by atoms with Gasteiger partial charge in [0.25, 0.3) is 0 Å². The number of rotatable bonds is 10. The van der Waals surface area contributed by atoms with Gasteiger partial charge in [-0.25, -0.2) is 0 Å². The second-order valence-electron chi connectivity index (χ2n) is 6.56. The SMILES string of the molecule is CCC1CCC(NC)C(N(CC)CCCN(CC)CC)C1. The van der Waals surface area contributed by atoms with Crippen molar-refractivity contribution in [2.24, 2.45) is 5.92 Å². The average Bonchev–Trinajstić information content (AvgIpc) is 2.54. The second kappa shape index (κ2) is 10.6. The van der Waals surface area contributed by atoms with Gasteiger partial charge in [-0.1, -0.05) is 34.1 Å². The zero-order valence-corrected chi connectivity index (χ0v) is 15.2. The minimum absolute atomic E-state index is 0.696. The molecule has 21 heavy (non-hydrogen) atoms. The molecule has 0 saturated heterocycles. The van der Waals surface area contributed by atoms with E-state index in [9.17, 15) is 0 Å². The van der Waals surface area contributed by atoms with Crippen LogP contribution in [0.5, 0.6) is 0 Å². The summed E-state index contributed by atoms with van der Waals surface area (Å²) in [5.74, 6) is 0.941. The van der Waals surface area contributed by atoms with Crippen LogP contribution in [0.4, 0.5) is 0 Å². The topological polar surface area (TPSA) is 18.5 Å². The number of hydrogen-bond donors (Lipinski definition) is 1. The van der Waals surface area contributed by atoms with Crippen LogP contribution in [-0.2, 0) is 0 Å². The molecule has 0 aromatic carbocycles. The molecular weight excluding hydrogens is 258 g/mol. The Kier molecular flexibility index (Phi) is 9.54. The number of nitrogens with one attached hydrogen (secondary N) is 1. The molecule has 0 aromatic heterocycles. The highest BCUT2D eigenvalue weighted by atomic mass is 15.2. The van der Waals surface area contributed by atoms with E-state index in [4.69, 9.17) is 0 Å². The number of nitrogens with zero attached hydrogens (tertiary/aromatic N) is 2. The minimum atomic E-state index is 0.696. The van der Waals surface area contributed by atoms with Gasteiger partial charge in [0.1, 0.15) is 0 Å². The lowest BCUT2D eigenvalue weighted by atomic mass is 9.80. The van der Waals surface area contributed by atoms with Gasteiger partial charge in [0.2, 0.25) is 0 Å². The summed E-state index contributed by atoms with van der Waals surface area (Å²) in [4.78, 5) is 5.28. The van der Waals surface area contributed by atoms with Crippen LogP contribution in [-0.4, -0.2) is 61.7 Å². The zero-order valence-electron chi connectivity index (χ0n) is 15.2. The molecule has 1 saturated carbocycles. The molecule has 1 fully saturated rings. The van der Waals surface area contributed by atoms with Crippen LogP contribution in [0, 0.1) is 5.92 Å². The summed E-state index contributed by atoms with van der Waals surface area (Å²) in [6, 6.07) is 1.44. The van der Waals surface area contributed by atoms with Crippen molar-refractivity contribution in [2.45, 2.75) is 71.9 Å². The monoisotopic (exact) mass is 297 g/mol. The van der Waals surface area contributed by atoms with Crippen molar-refractivity contribution in [2.75, 3.05) is 39.8 Å². The minimum Gasteiger partial charge on any atom is -0.315 e. The molecule has 0 aliphatic heterocycles. The molecule has 0 aromatic rings. The van der Waals surface area contributed by atoms with Crippen LogP contribution >= 0.6 is 0 Å². The summed E-state index contributed by atoms with van der Waals surface area (Å²) < 4.78 is 0. The van der Waals surface area contributed by atoms with E-state index in [0.717, 1.165) is 12.0 Å². The van der Waals surface area contributed by atoms with E-state index in [1.807, 2.05) is 0 Å². The van der Waals surface area contributed by atoms with Gasteiger partial charge >= 0.3 is 0 Å². The highest BCUT2D eigenvalue weighted by molar-refractivity contribution is 4.90. The first kappa shape index (κ1) is 18.9. The highest BCUT2D eigenvalue weighted by Crippen LogP contribution is 2.30. The normalized spacial score (nSPS) is 26.7. The summed E-state index contributed by atoms with van der Waals surface area (Å²) in [6.45, 7) is 15.3. The molecule has 3 unspecified atom stereocenters. The van der Waals surface area contributed by atoms with Gasteiger partial charge in [-0.2, -0.15) is 0 Å². The maximum Gasteiger partial charge on any atom is 0.0251 e. The smallest absolute Gasteiger partial charge is 0.0251 e. The lowest BCUT2D eigenvalue weighted by Gasteiger charge is -2.42. The van der Waals surface area contributed by atoms with Gasteiger partial charge in [-0.15, -0.1) is 0 Å². The maximum atomic E-state index is 3.58. The molecule has 1 aliphatic rings. The molecule has 1 N–H and O–H groups in total. The molecule has 0 radical (unpaired) electrons. The predicted octanol–water partition coefficient (Wildman–Crippen LogP) is 3.21. The second-order valence-corrected chi connectivity index (χ2v) is 6.56. The van der Waals surface area contributed by atoms with Crippen molar-refractivity contribution < 1.29 is 0 Å². The van der Waals surface area contributed by atoms with Gasteiger partial charge in [0.05, 0.1) is 0 Å². The molecule has 126 valence electrons. The molecular formula is C18H39N3. The van der Waals surface area contributed by atoms with Gasteiger partial charge < -0.3 is 10.2 Å². The van der Waals surface area contributed by atoms with E-state index in [1.54, 1.807) is 0 Å². The van der Waals surface area contributed by atoms with Gasteiger partial charge in [-0.3, -0.25) is 4.90 Å². The molecule has 3 heteroatoms. The third-order valence-electron chi connectivity index (χ3n) is 5.56. The fourth-order valence-corrected chi connectivity index (χ4v) is 3.94. The first-order valence-electron chi connectivity index (χ1n) is 9.33. The number of hydrogen-bond acceptors (Lipinski definition) is 3. The third-order valence-corrected chi connectivity index (χ3v) is 5.56. The van der Waals surface area contributed by atoms with Gasteiger partial charge in [0, 0.05) is 12.1 Å². The molecule has 0 amide bonds. The summed E-state index contributed by atoms with van der Waals surface area (Å²) in [7, 11) is 2.15. The van der Waals surface area contributed by atoms with E-state index >= 15 is 0 Å². The summed E-state index contributed by atoms with van der Waals surface area (Å²) >= 11 is 0. The van der Waals surface area contributed by atoms with Crippen LogP contribution in [0.2, 0.25) is 0 Å². The standard InChI is InChI=1S/C18H39N3/c1-6-16-11-12-17(19-5)18(15-16)21(9-4)14-10-13-20(7-2)8-3/h16-19H,6-15H2,1-5H3. The Morgan fingerprint density at radius 3 is 2.19 bits per heavy atom. The van der Waals surface area contributed by atoms with Crippen LogP contribution in [0.1, 0.15) is 59.8 Å². The summed E-state index contributed by atoms with van der Waals surface area (Å²) in [5.41, 5.74) is 0. The van der Waals surface area contributed by atoms with Crippen LogP contribution in [0.15, 0.2) is 0 Å². The molecule has 1 rings (SSSR count). The molecule has 3 atom stereocenters. The Morgan fingerprint density at radius 1 is 0.952 bits per heavy atom. The van der Waals surface area contributed by atoms with Gasteiger partial charge in [0.15, 0.2) is 0 Å². The van der Waals surface area contributed by atoms with E-state index in [0.29, 0.717) is 6.04 Å². The van der Waals surface area contributed by atoms with Crippen LogP contribution < -0.4 is 5.32 Å². The van der Waals surface area contributed by atoms with Crippen LogP contribution in [0.25, 0.3) is 0 Å². The van der Waals surface area contributed by atoms with E-state index in [-0.39, 0.29) is 0 Å². The highest BCUT2D eigenvalue weighted by Gasteiger charge is 2.32. The summed E-state index contributed by atoms with van der Waals surface area (Å²) in [6.07, 6.45) is 6.81. The Morgan fingerprint density at radius 2 is 1.67 bits per heavy atom. The molecule has 1 aliphatic carbocycles. The fourth-order valence-electron chi connectivity index (χ4n) is 3.94. The number of likely N-dealkylation sites (N-methyl/N-ethyl adjacent to an activating group) is 2. The lowest BCUT2D eigenvalue weighted by Crippen LogP contribution is -2.52. The average molecular weight is 298 g/mol. The molecule has 3 nitrogen and oxygen atoms in total. The lowest BCUT2D eigenvalue weighted by molar-refractivity contribution is 0.0984. The van der Waals surface area contributed by atoms with E-state index in [2.05, 4.69) is 49.9 Å². The molecule has 0 spiro atoms. The van der Waals surface area contributed by atoms with Crippen molar-refractivity contribution in [3.8, 4) is 0 Å². The van der Waals surface area contributed by atoms with E-state index < -0.39 is 0 Å². The quantitative estimate of drug-likeness (QED) is 0.668. The third kappa shape index (κ3) is 5.88. The summed E-state index contributed by atoms with van der Waals surface area (Å²) in [5, 5.41) is 3.58. The maximum absolute atomic E-state index is 3.58. The first-order chi connectivity index (χ1) is 10.2. The Labute approximate surface area is 133 Å². The fraction of sp³-hybridized carbons (Fsp3) is 1.00. The van der Waals surface area contributed by atoms with Crippen molar-refractivity contribution in [3.05, 3.63) is 0 Å².